The van der Waals surface area contributed by atoms with Crippen molar-refractivity contribution in [3.05, 3.63) is 0 Å². The van der Waals surface area contributed by atoms with Crippen LogP contribution in [-0.2, 0) is 19.0 Å². The Hall–Kier alpha value is -0.870. The molecule has 396 valence electrons. The first-order valence-electron chi connectivity index (χ1n) is 24.4. The lowest BCUT2D eigenvalue weighted by atomic mass is 9.84. The molecule has 0 bridgehead atoms. The smallest absolute Gasteiger partial charge is 0.222 e. The number of nitrogens with two attached hydrogens (primary N) is 1. The monoisotopic (exact) mass is 939 g/mol. The van der Waals surface area contributed by atoms with Crippen LogP contribution < -0.4 is 5.73 Å². The minimum Gasteiger partial charge on any atom is -0.379 e. The highest BCUT2D eigenvalue weighted by Crippen LogP contribution is 2.44. The second kappa shape index (κ2) is 37.1. The van der Waals surface area contributed by atoms with Crippen molar-refractivity contribution in [1.29, 1.82) is 5.26 Å². The highest BCUT2D eigenvalue weighted by molar-refractivity contribution is 6.23. The Kier molecular flexibility index (Phi) is 48.2. The summed E-state index contributed by atoms with van der Waals surface area (Å²) in [6.07, 6.45) is 4.56. The molecule has 0 saturated heterocycles. The van der Waals surface area contributed by atoms with Gasteiger partial charge in [0.15, 0.2) is 0 Å². The quantitative estimate of drug-likeness (QED) is 0.278. The Balaban J connectivity index is -0.0000000753. The van der Waals surface area contributed by atoms with Crippen LogP contribution in [0.25, 0.3) is 0 Å². The molecule has 6 nitrogen and oxygen atoms in total. The third-order valence-electron chi connectivity index (χ3n) is 7.45. The molecular weight excluding hydrogens is 812 g/mol. The number of alkyl halides is 1. The average molecular weight is 940 g/mol. The third-order valence-corrected chi connectivity index (χ3v) is 7.45. The van der Waals surface area contributed by atoms with Crippen LogP contribution in [0, 0.1) is 55.7 Å². The highest BCUT2D eigenvalue weighted by Gasteiger charge is 2.33. The zero-order chi connectivity index (χ0) is 55.0. The molecule has 0 unspecified atom stereocenters. The number of primary amides is 1. The standard InChI is InChI=1S/C7H16O.C7H14.C7H16.C6H14O.C6H14.C5H11NO.C5H9N.C5H12O.C5H12.C4H9Cl/c1-6(2)8-7(3,4)5;1-7(2,3)6-4-5-6;1-6(2)7(3,4)5;1-5-7-6(2,3)4;1-5-6(2,3)4;1-5(2,3)4(6)7;1-5(2,3)4-6;1-5(2,3)6-4;1-5(2,3)4;1-4(2,3)5/h6H,1-5H3;6H,4-5H2,1-3H3;6H,1-5H3;5H2,1-4H3;5H2,1-4H3;1-3H3,(H2,6,7);1-3H3;1-4H3;1-4H3;1-3H3. The van der Waals surface area contributed by atoms with Crippen molar-refractivity contribution < 1.29 is 19.0 Å². The van der Waals surface area contributed by atoms with E-state index in [0.717, 1.165) is 18.4 Å². The van der Waals surface area contributed by atoms with E-state index in [9.17, 15) is 4.79 Å². The molecule has 0 aromatic heterocycles. The Bertz CT molecular complexity index is 1010. The van der Waals surface area contributed by atoms with Crippen molar-refractivity contribution >= 4 is 17.5 Å². The van der Waals surface area contributed by atoms with Gasteiger partial charge in [0, 0.05) is 29.4 Å². The van der Waals surface area contributed by atoms with E-state index in [1.807, 2.05) is 83.1 Å². The minimum absolute atomic E-state index is 0.0220. The maximum atomic E-state index is 10.2. The molecule has 0 heterocycles. The summed E-state index contributed by atoms with van der Waals surface area (Å²) in [7, 11) is 1.71. The molecule has 0 aromatic carbocycles. The summed E-state index contributed by atoms with van der Waals surface area (Å²) in [5.41, 5.74) is 6.68. The van der Waals surface area contributed by atoms with Crippen LogP contribution in [0.3, 0.4) is 0 Å². The fourth-order valence-electron chi connectivity index (χ4n) is 2.09. The summed E-state index contributed by atoms with van der Waals surface area (Å²) in [6, 6.07) is 2.10. The molecule has 1 saturated carbocycles. The van der Waals surface area contributed by atoms with Crippen LogP contribution in [0.4, 0.5) is 0 Å². The summed E-state index contributed by atoms with van der Waals surface area (Å²) < 4.78 is 15.6. The molecule has 1 aliphatic rings. The lowest BCUT2D eigenvalue weighted by Crippen LogP contribution is -2.27. The summed E-state index contributed by atoms with van der Waals surface area (Å²) in [5, 5.41) is 8.15. The van der Waals surface area contributed by atoms with E-state index in [0.29, 0.717) is 27.8 Å². The number of nitriles is 1. The van der Waals surface area contributed by atoms with E-state index in [1.54, 1.807) is 27.9 Å². The molecular formula is C57H127ClN2O4. The summed E-state index contributed by atoms with van der Waals surface area (Å²) in [4.78, 5) is 10.2. The first-order valence-corrected chi connectivity index (χ1v) is 24.8. The number of carbonyl (C=O) groups is 1. The normalized spacial score (nSPS) is 13.1. The van der Waals surface area contributed by atoms with Gasteiger partial charge in [0.05, 0.1) is 29.0 Å². The average Bonchev–Trinajstić information content (AvgIpc) is 3.80. The number of methoxy groups -OCH3 is 1. The number of amides is 1. The second-order valence-electron chi connectivity index (χ2n) is 28.3. The lowest BCUT2D eigenvalue weighted by Gasteiger charge is -2.22. The first kappa shape index (κ1) is 83.2. The molecule has 0 spiro atoms. The topological polar surface area (TPSA) is 94.6 Å². The number of carbonyl (C=O) groups excluding carboxylic acids is 1. The molecule has 0 aromatic rings. The van der Waals surface area contributed by atoms with Gasteiger partial charge in [-0.05, 0) is 171 Å². The van der Waals surface area contributed by atoms with Gasteiger partial charge in [0.2, 0.25) is 5.91 Å². The maximum Gasteiger partial charge on any atom is 0.222 e. The van der Waals surface area contributed by atoms with Crippen LogP contribution in [-0.4, -0.2) is 47.4 Å². The molecule has 0 atom stereocenters. The highest BCUT2D eigenvalue weighted by atomic mass is 35.5. The van der Waals surface area contributed by atoms with Crippen molar-refractivity contribution in [2.24, 2.45) is 50.1 Å². The molecule has 2 N–H and O–H groups in total. The van der Waals surface area contributed by atoms with E-state index >= 15 is 0 Å². The van der Waals surface area contributed by atoms with Gasteiger partial charge in [0.25, 0.3) is 0 Å². The molecule has 1 fully saturated rings. The molecule has 64 heavy (non-hydrogen) atoms. The number of nitrogens with zero attached hydrogens (tertiary/aromatic N) is 1. The molecule has 0 aliphatic heterocycles. The van der Waals surface area contributed by atoms with E-state index in [4.69, 9.17) is 36.8 Å². The van der Waals surface area contributed by atoms with Crippen molar-refractivity contribution in [2.75, 3.05) is 13.7 Å². The Morgan fingerprint density at radius 1 is 0.625 bits per heavy atom. The maximum absolute atomic E-state index is 10.2. The van der Waals surface area contributed by atoms with Gasteiger partial charge in [-0.25, -0.2) is 0 Å². The van der Waals surface area contributed by atoms with Crippen LogP contribution >= 0.6 is 11.6 Å². The van der Waals surface area contributed by atoms with E-state index in [1.165, 1.54) is 19.3 Å². The molecule has 1 rings (SSSR count). The van der Waals surface area contributed by atoms with Gasteiger partial charge in [-0.15, -0.1) is 11.6 Å². The Morgan fingerprint density at radius 2 is 0.844 bits per heavy atom. The van der Waals surface area contributed by atoms with E-state index in [-0.39, 0.29) is 38.4 Å². The van der Waals surface area contributed by atoms with Gasteiger partial charge < -0.3 is 19.9 Å². The zero-order valence-corrected chi connectivity index (χ0v) is 52.4. The Labute approximate surface area is 413 Å². The van der Waals surface area contributed by atoms with E-state index in [2.05, 4.69) is 158 Å². The van der Waals surface area contributed by atoms with Crippen molar-refractivity contribution in [3.63, 3.8) is 0 Å². The van der Waals surface area contributed by atoms with Crippen molar-refractivity contribution in [2.45, 2.75) is 303 Å². The number of hydrogen-bond donors (Lipinski definition) is 1. The summed E-state index contributed by atoms with van der Waals surface area (Å²) in [6.45, 7) is 78.1. The summed E-state index contributed by atoms with van der Waals surface area (Å²) in [5.74, 6) is 1.59. The zero-order valence-electron chi connectivity index (χ0n) is 51.6. The predicted molar refractivity (Wildman–Crippen MR) is 295 cm³/mol. The van der Waals surface area contributed by atoms with Gasteiger partial charge in [-0.1, -0.05) is 138 Å². The van der Waals surface area contributed by atoms with Gasteiger partial charge >= 0.3 is 0 Å². The van der Waals surface area contributed by atoms with Crippen molar-refractivity contribution in [1.82, 2.24) is 0 Å². The fourth-order valence-corrected chi connectivity index (χ4v) is 2.09. The van der Waals surface area contributed by atoms with Gasteiger partial charge in [0.1, 0.15) is 0 Å². The number of halogens is 1. The van der Waals surface area contributed by atoms with Gasteiger partial charge in [-0.2, -0.15) is 5.26 Å². The van der Waals surface area contributed by atoms with Gasteiger partial charge in [-0.3, -0.25) is 4.79 Å². The van der Waals surface area contributed by atoms with Crippen LogP contribution in [0.5, 0.6) is 0 Å². The SMILES string of the molecule is CC(C)(C)C.CC(C)(C)C#N.CC(C)(C)C(N)=O.CC(C)(C)C1CC1.CC(C)(C)Cl.CC(C)C(C)(C)C.CC(C)OC(C)(C)C.CCC(C)(C)C.CCOC(C)(C)C.COC(C)(C)C. The third kappa shape index (κ3) is 152. The van der Waals surface area contributed by atoms with Crippen LogP contribution in [0.2, 0.25) is 0 Å². The summed E-state index contributed by atoms with van der Waals surface area (Å²) >= 11 is 5.53. The largest absolute Gasteiger partial charge is 0.379 e. The fraction of sp³-hybridized carbons (Fsp3) is 0.965. The first-order chi connectivity index (χ1) is 27.2. The number of ether oxygens (including phenoxy) is 3. The molecule has 0 radical (unpaired) electrons. The second-order valence-corrected chi connectivity index (χ2v) is 29.4. The van der Waals surface area contributed by atoms with Crippen LogP contribution in [0.15, 0.2) is 0 Å². The minimum atomic E-state index is -0.361. The Morgan fingerprint density at radius 3 is 0.844 bits per heavy atom. The molecule has 1 aliphatic carbocycles. The number of hydrogen-bond acceptors (Lipinski definition) is 5. The van der Waals surface area contributed by atoms with E-state index < -0.39 is 0 Å². The van der Waals surface area contributed by atoms with Crippen LogP contribution in [0.1, 0.15) is 275 Å². The lowest BCUT2D eigenvalue weighted by molar-refractivity contribution is -0.125. The molecule has 1 amide bonds. The predicted octanol–water partition coefficient (Wildman–Crippen LogP) is 19.2. The molecule has 7 heteroatoms. The van der Waals surface area contributed by atoms with Crippen molar-refractivity contribution in [3.8, 4) is 6.07 Å². The number of rotatable bonds is 2.